The quantitative estimate of drug-likeness (QED) is 0.803. The Morgan fingerprint density at radius 2 is 1.96 bits per heavy atom. The zero-order valence-corrected chi connectivity index (χ0v) is 15.2. The lowest BCUT2D eigenvalue weighted by Crippen LogP contribution is -2.40. The standard InChI is InChI=1S/C16H25NO5S/c1-10(2)21-14-15(3,4)12-9-11(7-8-13(12)22-14)16(5,6)17-23(18,19)20/h7-10,14,17H,1-6H3,(H,18,19,20). The van der Waals surface area contributed by atoms with Crippen molar-refractivity contribution in [2.45, 2.75) is 64.9 Å². The van der Waals surface area contributed by atoms with E-state index in [2.05, 4.69) is 4.72 Å². The van der Waals surface area contributed by atoms with Gasteiger partial charge >= 0.3 is 10.3 Å². The minimum atomic E-state index is -4.31. The molecule has 0 aromatic heterocycles. The second kappa shape index (κ2) is 5.73. The average Bonchev–Trinajstić information content (AvgIpc) is 2.57. The SMILES string of the molecule is CC(C)OC1Oc2ccc(C(C)(C)NS(=O)(=O)O)cc2C1(C)C. The summed E-state index contributed by atoms with van der Waals surface area (Å²) in [5.41, 5.74) is 0.362. The molecule has 1 heterocycles. The number of rotatable bonds is 5. The van der Waals surface area contributed by atoms with Crippen molar-refractivity contribution in [3.05, 3.63) is 29.3 Å². The van der Waals surface area contributed by atoms with E-state index in [1.165, 1.54) is 0 Å². The van der Waals surface area contributed by atoms with Crippen LogP contribution in [0.1, 0.15) is 52.7 Å². The van der Waals surface area contributed by atoms with Crippen LogP contribution in [0.4, 0.5) is 0 Å². The molecule has 1 aromatic carbocycles. The van der Waals surface area contributed by atoms with Crippen LogP contribution in [0.5, 0.6) is 5.75 Å². The Bertz CT molecular complexity index is 694. The molecule has 0 fully saturated rings. The largest absolute Gasteiger partial charge is 0.464 e. The lowest BCUT2D eigenvalue weighted by molar-refractivity contribution is -0.128. The summed E-state index contributed by atoms with van der Waals surface area (Å²) >= 11 is 0. The second-order valence-electron chi connectivity index (χ2n) is 7.27. The van der Waals surface area contributed by atoms with Crippen molar-refractivity contribution in [2.75, 3.05) is 0 Å². The smallest absolute Gasteiger partial charge is 0.334 e. The molecule has 1 aliphatic heterocycles. The minimum Gasteiger partial charge on any atom is -0.464 e. The molecule has 23 heavy (non-hydrogen) atoms. The lowest BCUT2D eigenvalue weighted by Gasteiger charge is -2.29. The molecule has 2 rings (SSSR count). The van der Waals surface area contributed by atoms with Crippen molar-refractivity contribution in [3.8, 4) is 5.75 Å². The fraction of sp³-hybridized carbons (Fsp3) is 0.625. The van der Waals surface area contributed by atoms with Crippen LogP contribution in [-0.4, -0.2) is 25.4 Å². The van der Waals surface area contributed by atoms with E-state index in [1.807, 2.05) is 39.8 Å². The van der Waals surface area contributed by atoms with Crippen LogP contribution >= 0.6 is 0 Å². The topological polar surface area (TPSA) is 84.9 Å². The zero-order valence-electron chi connectivity index (χ0n) is 14.4. The first-order valence-electron chi connectivity index (χ1n) is 7.56. The van der Waals surface area contributed by atoms with Crippen molar-refractivity contribution in [2.24, 2.45) is 0 Å². The molecule has 0 saturated carbocycles. The summed E-state index contributed by atoms with van der Waals surface area (Å²) in [7, 11) is -4.31. The summed E-state index contributed by atoms with van der Waals surface area (Å²) in [6.07, 6.45) is -0.365. The Morgan fingerprint density at radius 3 is 2.48 bits per heavy atom. The van der Waals surface area contributed by atoms with Crippen molar-refractivity contribution in [1.29, 1.82) is 0 Å². The van der Waals surface area contributed by atoms with Gasteiger partial charge in [-0.2, -0.15) is 13.1 Å². The summed E-state index contributed by atoms with van der Waals surface area (Å²) in [5.74, 6) is 0.729. The molecular weight excluding hydrogens is 318 g/mol. The highest BCUT2D eigenvalue weighted by molar-refractivity contribution is 7.83. The second-order valence-corrected chi connectivity index (χ2v) is 8.42. The Balaban J connectivity index is 2.39. The molecule has 6 nitrogen and oxygen atoms in total. The Morgan fingerprint density at radius 1 is 1.35 bits per heavy atom. The normalized spacial score (nSPS) is 20.4. The van der Waals surface area contributed by atoms with E-state index in [0.29, 0.717) is 0 Å². The van der Waals surface area contributed by atoms with Crippen LogP contribution < -0.4 is 9.46 Å². The van der Waals surface area contributed by atoms with E-state index in [1.54, 1.807) is 19.9 Å². The molecule has 1 aromatic rings. The third kappa shape index (κ3) is 3.85. The van der Waals surface area contributed by atoms with E-state index in [4.69, 9.17) is 14.0 Å². The summed E-state index contributed by atoms with van der Waals surface area (Å²) in [6, 6.07) is 5.49. The molecule has 1 unspecified atom stereocenters. The van der Waals surface area contributed by atoms with E-state index in [0.717, 1.165) is 16.9 Å². The third-order valence-corrected chi connectivity index (χ3v) is 4.77. The van der Waals surface area contributed by atoms with Gasteiger partial charge in [0.05, 0.1) is 17.1 Å². The maximum absolute atomic E-state index is 11.2. The third-order valence-electron chi connectivity index (χ3n) is 4.00. The van der Waals surface area contributed by atoms with Gasteiger partial charge in [-0.05, 0) is 59.2 Å². The van der Waals surface area contributed by atoms with Gasteiger partial charge in [0.15, 0.2) is 0 Å². The van der Waals surface area contributed by atoms with Crippen LogP contribution in [0.2, 0.25) is 0 Å². The number of hydrogen-bond acceptors (Lipinski definition) is 4. The van der Waals surface area contributed by atoms with E-state index >= 15 is 0 Å². The monoisotopic (exact) mass is 343 g/mol. The molecule has 0 spiro atoms. The van der Waals surface area contributed by atoms with Crippen LogP contribution in [0, 0.1) is 0 Å². The van der Waals surface area contributed by atoms with E-state index in [9.17, 15) is 8.42 Å². The molecule has 1 aliphatic rings. The lowest BCUT2D eigenvalue weighted by atomic mass is 9.82. The van der Waals surface area contributed by atoms with Gasteiger partial charge in [0.25, 0.3) is 0 Å². The highest BCUT2D eigenvalue weighted by Crippen LogP contribution is 2.45. The van der Waals surface area contributed by atoms with Crippen LogP contribution in [-0.2, 0) is 26.0 Å². The molecule has 1 atom stereocenters. The van der Waals surface area contributed by atoms with Crippen LogP contribution in [0.3, 0.4) is 0 Å². The fourth-order valence-corrected chi connectivity index (χ4v) is 3.50. The highest BCUT2D eigenvalue weighted by atomic mass is 32.2. The summed E-state index contributed by atoms with van der Waals surface area (Å²) in [4.78, 5) is 0. The van der Waals surface area contributed by atoms with Crippen molar-refractivity contribution >= 4 is 10.3 Å². The molecule has 0 bridgehead atoms. The van der Waals surface area contributed by atoms with E-state index < -0.39 is 22.1 Å². The van der Waals surface area contributed by atoms with Gasteiger partial charge in [0, 0.05) is 5.56 Å². The van der Waals surface area contributed by atoms with Gasteiger partial charge in [-0.15, -0.1) is 0 Å². The number of nitrogens with one attached hydrogen (secondary N) is 1. The molecular formula is C16H25NO5S. The van der Waals surface area contributed by atoms with Crippen molar-refractivity contribution in [1.82, 2.24) is 4.72 Å². The fourth-order valence-electron chi connectivity index (χ4n) is 2.74. The van der Waals surface area contributed by atoms with Gasteiger partial charge < -0.3 is 9.47 Å². The number of ether oxygens (including phenoxy) is 2. The molecule has 0 amide bonds. The summed E-state index contributed by atoms with van der Waals surface area (Å²) < 4.78 is 45.3. The van der Waals surface area contributed by atoms with E-state index in [-0.39, 0.29) is 11.5 Å². The molecule has 130 valence electrons. The molecule has 2 N–H and O–H groups in total. The summed E-state index contributed by atoms with van der Waals surface area (Å²) in [5, 5.41) is 0. The van der Waals surface area contributed by atoms with Gasteiger partial charge in [0.1, 0.15) is 5.75 Å². The predicted octanol–water partition coefficient (Wildman–Crippen LogP) is 2.74. The average molecular weight is 343 g/mol. The Labute approximate surface area is 138 Å². The number of benzene rings is 1. The van der Waals surface area contributed by atoms with Gasteiger partial charge in [-0.3, -0.25) is 4.55 Å². The van der Waals surface area contributed by atoms with Gasteiger partial charge in [0.2, 0.25) is 6.29 Å². The predicted molar refractivity (Wildman–Crippen MR) is 87.8 cm³/mol. The molecule has 7 heteroatoms. The van der Waals surface area contributed by atoms with Gasteiger partial charge in [-0.1, -0.05) is 6.07 Å². The Hall–Kier alpha value is -1.15. The molecule has 0 saturated heterocycles. The molecule has 0 radical (unpaired) electrons. The number of hydrogen-bond donors (Lipinski definition) is 2. The van der Waals surface area contributed by atoms with Crippen LogP contribution in [0.15, 0.2) is 18.2 Å². The molecule has 0 aliphatic carbocycles. The first-order valence-corrected chi connectivity index (χ1v) is 9.00. The Kier molecular flexibility index (Phi) is 4.54. The first kappa shape index (κ1) is 18.2. The maximum atomic E-state index is 11.2. The first-order chi connectivity index (χ1) is 10.3. The summed E-state index contributed by atoms with van der Waals surface area (Å²) in [6.45, 7) is 11.3. The zero-order chi connectivity index (χ0) is 17.6. The highest BCUT2D eigenvalue weighted by Gasteiger charge is 2.43. The van der Waals surface area contributed by atoms with Crippen LogP contribution in [0.25, 0.3) is 0 Å². The van der Waals surface area contributed by atoms with Crippen molar-refractivity contribution in [3.63, 3.8) is 0 Å². The minimum absolute atomic E-state index is 0.0331. The number of fused-ring (bicyclic) bond motifs is 1. The van der Waals surface area contributed by atoms with Gasteiger partial charge in [-0.25, -0.2) is 0 Å². The van der Waals surface area contributed by atoms with Crippen molar-refractivity contribution < 1.29 is 22.4 Å². The maximum Gasteiger partial charge on any atom is 0.334 e.